The second kappa shape index (κ2) is 6.62. The van der Waals surface area contributed by atoms with E-state index in [0.29, 0.717) is 12.2 Å². The van der Waals surface area contributed by atoms with Crippen molar-refractivity contribution in [1.82, 2.24) is 9.78 Å². The Hall–Kier alpha value is -2.02. The van der Waals surface area contributed by atoms with E-state index in [-0.39, 0.29) is 22.6 Å². The maximum Gasteiger partial charge on any atom is 0.267 e. The summed E-state index contributed by atoms with van der Waals surface area (Å²) in [7, 11) is -3.74. The van der Waals surface area contributed by atoms with Crippen molar-refractivity contribution in [3.8, 4) is 5.75 Å². The van der Waals surface area contributed by atoms with Crippen molar-refractivity contribution in [3.05, 3.63) is 36.7 Å². The fourth-order valence-electron chi connectivity index (χ4n) is 2.19. The van der Waals surface area contributed by atoms with Crippen molar-refractivity contribution in [2.75, 3.05) is 10.8 Å². The number of hydrogen-bond donors (Lipinski definition) is 1. The summed E-state index contributed by atoms with van der Waals surface area (Å²) in [4.78, 5) is 0.148. The normalized spacial score (nSPS) is 12.1. The summed E-state index contributed by atoms with van der Waals surface area (Å²) < 4.78 is 28.9. The van der Waals surface area contributed by atoms with Crippen LogP contribution in [0.5, 0.6) is 5.75 Å². The van der Waals surface area contributed by atoms with Gasteiger partial charge in [0.1, 0.15) is 10.6 Å². The smallest absolute Gasteiger partial charge is 0.267 e. The van der Waals surface area contributed by atoms with Crippen LogP contribution < -0.4 is 4.31 Å². The summed E-state index contributed by atoms with van der Waals surface area (Å²) in [6, 6.07) is 6.35. The molecular formula is C16H23N3O3S. The van der Waals surface area contributed by atoms with Gasteiger partial charge in [-0.2, -0.15) is 5.10 Å². The summed E-state index contributed by atoms with van der Waals surface area (Å²) in [5, 5.41) is 13.8. The zero-order chi connectivity index (χ0) is 17.2. The second-order valence-electron chi connectivity index (χ2n) is 6.20. The standard InChI is InChI=1S/C16H23N3O3S/c1-12(2)10-19(14-6-5-7-15(20)8-14)23(21,22)16-9-17-18(11-16)13(3)4/h5-9,11-13,20H,10H2,1-4H3. The molecule has 2 rings (SSSR count). The van der Waals surface area contributed by atoms with Crippen LogP contribution >= 0.6 is 0 Å². The van der Waals surface area contributed by atoms with Crippen molar-refractivity contribution in [2.45, 2.75) is 38.6 Å². The summed E-state index contributed by atoms with van der Waals surface area (Å²) in [5.41, 5.74) is 0.441. The minimum absolute atomic E-state index is 0.0318. The number of sulfonamides is 1. The molecule has 0 aliphatic heterocycles. The SMILES string of the molecule is CC(C)CN(c1cccc(O)c1)S(=O)(=O)c1cnn(C(C)C)c1. The number of aromatic hydroxyl groups is 1. The summed E-state index contributed by atoms with van der Waals surface area (Å²) in [6.07, 6.45) is 2.90. The van der Waals surface area contributed by atoms with Crippen molar-refractivity contribution in [1.29, 1.82) is 0 Å². The first kappa shape index (κ1) is 17.3. The Bertz CT molecular complexity index is 766. The van der Waals surface area contributed by atoms with Crippen LogP contribution in [0, 0.1) is 5.92 Å². The molecule has 0 spiro atoms. The van der Waals surface area contributed by atoms with Gasteiger partial charge in [0.15, 0.2) is 0 Å². The van der Waals surface area contributed by atoms with Crippen molar-refractivity contribution >= 4 is 15.7 Å². The molecule has 1 aromatic carbocycles. The third-order valence-electron chi connectivity index (χ3n) is 3.34. The number of phenols is 1. The van der Waals surface area contributed by atoms with E-state index in [1.54, 1.807) is 16.8 Å². The third-order valence-corrected chi connectivity index (χ3v) is 5.09. The maximum atomic E-state index is 13.0. The molecule has 1 heterocycles. The molecule has 126 valence electrons. The van der Waals surface area contributed by atoms with Crippen LogP contribution in [-0.2, 0) is 10.0 Å². The largest absolute Gasteiger partial charge is 0.508 e. The molecule has 0 aliphatic rings. The summed E-state index contributed by atoms with van der Waals surface area (Å²) in [6.45, 7) is 8.08. The lowest BCUT2D eigenvalue weighted by Gasteiger charge is -2.25. The zero-order valence-electron chi connectivity index (χ0n) is 13.8. The lowest BCUT2D eigenvalue weighted by atomic mass is 10.2. The molecule has 0 fully saturated rings. The number of rotatable bonds is 6. The van der Waals surface area contributed by atoms with E-state index in [4.69, 9.17) is 0 Å². The van der Waals surface area contributed by atoms with Gasteiger partial charge in [0.25, 0.3) is 10.0 Å². The molecule has 23 heavy (non-hydrogen) atoms. The highest BCUT2D eigenvalue weighted by Gasteiger charge is 2.27. The van der Waals surface area contributed by atoms with Gasteiger partial charge >= 0.3 is 0 Å². The van der Waals surface area contributed by atoms with Gasteiger partial charge in [0, 0.05) is 24.8 Å². The average molecular weight is 337 g/mol. The first-order valence-corrected chi connectivity index (χ1v) is 9.01. The molecule has 0 saturated heterocycles. The van der Waals surface area contributed by atoms with Gasteiger partial charge < -0.3 is 5.11 Å². The Balaban J connectivity index is 2.48. The second-order valence-corrected chi connectivity index (χ2v) is 8.06. The van der Waals surface area contributed by atoms with Crippen molar-refractivity contribution < 1.29 is 13.5 Å². The van der Waals surface area contributed by atoms with Gasteiger partial charge in [0.2, 0.25) is 0 Å². The lowest BCUT2D eigenvalue weighted by Crippen LogP contribution is -2.34. The average Bonchev–Trinajstić information content (AvgIpc) is 2.95. The maximum absolute atomic E-state index is 13.0. The van der Waals surface area contributed by atoms with Gasteiger partial charge in [-0.25, -0.2) is 8.42 Å². The lowest BCUT2D eigenvalue weighted by molar-refractivity contribution is 0.475. The zero-order valence-corrected chi connectivity index (χ0v) is 14.7. The molecule has 0 unspecified atom stereocenters. The Morgan fingerprint density at radius 2 is 1.96 bits per heavy atom. The van der Waals surface area contributed by atoms with E-state index >= 15 is 0 Å². The molecule has 7 heteroatoms. The predicted octanol–water partition coefficient (Wildman–Crippen LogP) is 3.02. The molecule has 6 nitrogen and oxygen atoms in total. The van der Waals surface area contributed by atoms with Crippen LogP contribution in [-0.4, -0.2) is 29.8 Å². The van der Waals surface area contributed by atoms with E-state index in [1.165, 1.54) is 28.8 Å². The molecule has 0 atom stereocenters. The van der Waals surface area contributed by atoms with Crippen LogP contribution in [0.25, 0.3) is 0 Å². The molecule has 0 amide bonds. The third kappa shape index (κ3) is 3.85. The molecule has 0 bridgehead atoms. The highest BCUT2D eigenvalue weighted by Crippen LogP contribution is 2.27. The van der Waals surface area contributed by atoms with Crippen LogP contribution in [0.2, 0.25) is 0 Å². The molecular weight excluding hydrogens is 314 g/mol. The fourth-order valence-corrected chi connectivity index (χ4v) is 3.75. The van der Waals surface area contributed by atoms with Gasteiger partial charge in [0.05, 0.1) is 11.9 Å². The Kier molecular flexibility index (Phi) is 4.99. The van der Waals surface area contributed by atoms with Gasteiger partial charge in [-0.3, -0.25) is 8.99 Å². The van der Waals surface area contributed by atoms with Gasteiger partial charge in [-0.1, -0.05) is 19.9 Å². The quantitative estimate of drug-likeness (QED) is 0.879. The Morgan fingerprint density at radius 3 is 2.48 bits per heavy atom. The van der Waals surface area contributed by atoms with Crippen LogP contribution in [0.1, 0.15) is 33.7 Å². The first-order chi connectivity index (χ1) is 10.7. The van der Waals surface area contributed by atoms with Crippen LogP contribution in [0.4, 0.5) is 5.69 Å². The molecule has 0 radical (unpaired) electrons. The number of phenolic OH excluding ortho intramolecular Hbond substituents is 1. The number of nitrogens with zero attached hydrogens (tertiary/aromatic N) is 3. The molecule has 1 N–H and O–H groups in total. The van der Waals surface area contributed by atoms with Crippen molar-refractivity contribution in [3.63, 3.8) is 0 Å². The predicted molar refractivity (Wildman–Crippen MR) is 90.1 cm³/mol. The van der Waals surface area contributed by atoms with E-state index in [0.717, 1.165) is 0 Å². The first-order valence-electron chi connectivity index (χ1n) is 7.57. The minimum atomic E-state index is -3.74. The number of hydrogen-bond acceptors (Lipinski definition) is 4. The molecule has 1 aromatic heterocycles. The van der Waals surface area contributed by atoms with E-state index in [9.17, 15) is 13.5 Å². The molecule has 2 aromatic rings. The topological polar surface area (TPSA) is 75.4 Å². The van der Waals surface area contributed by atoms with Crippen molar-refractivity contribution in [2.24, 2.45) is 5.92 Å². The number of anilines is 1. The number of aromatic nitrogens is 2. The van der Waals surface area contributed by atoms with E-state index < -0.39 is 10.0 Å². The highest BCUT2D eigenvalue weighted by atomic mass is 32.2. The molecule has 0 aliphatic carbocycles. The fraction of sp³-hybridized carbons (Fsp3) is 0.438. The van der Waals surface area contributed by atoms with Crippen LogP contribution in [0.15, 0.2) is 41.6 Å². The van der Waals surface area contributed by atoms with E-state index in [2.05, 4.69) is 5.10 Å². The Labute approximate surface area is 137 Å². The highest BCUT2D eigenvalue weighted by molar-refractivity contribution is 7.92. The summed E-state index contributed by atoms with van der Waals surface area (Å²) >= 11 is 0. The van der Waals surface area contributed by atoms with Crippen LogP contribution in [0.3, 0.4) is 0 Å². The monoisotopic (exact) mass is 337 g/mol. The van der Waals surface area contributed by atoms with E-state index in [1.807, 2.05) is 27.7 Å². The van der Waals surface area contributed by atoms with Gasteiger partial charge in [-0.05, 0) is 31.9 Å². The Morgan fingerprint density at radius 1 is 1.26 bits per heavy atom. The molecule has 0 saturated carbocycles. The van der Waals surface area contributed by atoms with Gasteiger partial charge in [-0.15, -0.1) is 0 Å². The summed E-state index contributed by atoms with van der Waals surface area (Å²) in [5.74, 6) is 0.164. The minimum Gasteiger partial charge on any atom is -0.508 e. The number of benzene rings is 1.